The number of aliphatic hydroxyl groups excluding tert-OH is 2. The molecule has 0 atom stereocenters. The van der Waals surface area contributed by atoms with E-state index >= 15 is 0 Å². The molecule has 2 aliphatic rings. The Morgan fingerprint density at radius 3 is 1.52 bits per heavy atom. The van der Waals surface area contributed by atoms with Gasteiger partial charge >= 0.3 is 0 Å². The second-order valence-electron chi connectivity index (χ2n) is 12.0. The van der Waals surface area contributed by atoms with Gasteiger partial charge in [0.05, 0.1) is 13.2 Å². The Balaban J connectivity index is 1.17. The van der Waals surface area contributed by atoms with Gasteiger partial charge in [0, 0.05) is 74.9 Å². The largest absolute Gasteiger partial charge is 0.395 e. The maximum Gasteiger partial charge on any atom is 0.274 e. The topological polar surface area (TPSA) is 131 Å². The van der Waals surface area contributed by atoms with Crippen LogP contribution in [0.5, 0.6) is 0 Å². The number of aliphatic hydroxyl groups is 2. The molecule has 4 N–H and O–H groups in total. The normalized spacial score (nSPS) is 14.8. The van der Waals surface area contributed by atoms with Gasteiger partial charge in [-0.25, -0.2) is 9.97 Å². The summed E-state index contributed by atoms with van der Waals surface area (Å²) in [4.78, 5) is 40.3. The van der Waals surface area contributed by atoms with Crippen molar-refractivity contribution in [1.29, 1.82) is 0 Å². The Morgan fingerprint density at radius 1 is 0.674 bits per heavy atom. The van der Waals surface area contributed by atoms with Crippen molar-refractivity contribution in [3.05, 3.63) is 106 Å². The fourth-order valence-corrected chi connectivity index (χ4v) is 6.37. The molecule has 4 heterocycles. The van der Waals surface area contributed by atoms with Crippen molar-refractivity contribution in [2.75, 3.05) is 50.0 Å². The lowest BCUT2D eigenvalue weighted by molar-refractivity contribution is 0.101. The lowest BCUT2D eigenvalue weighted by atomic mass is 9.94. The second kappa shape index (κ2) is 13.9. The number of carbonyl (C=O) groups is 2. The van der Waals surface area contributed by atoms with Crippen LogP contribution in [-0.2, 0) is 25.9 Å². The number of amides is 2. The summed E-state index contributed by atoms with van der Waals surface area (Å²) in [5.74, 6) is -0.533. The molecule has 0 saturated heterocycles. The minimum absolute atomic E-state index is 0.125. The van der Waals surface area contributed by atoms with E-state index in [4.69, 9.17) is 0 Å². The van der Waals surface area contributed by atoms with Gasteiger partial charge in [0.1, 0.15) is 11.4 Å². The molecule has 2 aliphatic heterocycles. The van der Waals surface area contributed by atoms with Crippen LogP contribution in [0.4, 0.5) is 11.4 Å². The lowest BCUT2D eigenvalue weighted by Gasteiger charge is -2.27. The number of carbonyl (C=O) groups excluding carboxylic acids is 2. The number of β-amino-alcohol motifs (C(OH)–C–C–N with tert-alkyl or cyclic N) is 2. The van der Waals surface area contributed by atoms with Gasteiger partial charge in [0.15, 0.2) is 0 Å². The summed E-state index contributed by atoms with van der Waals surface area (Å²) >= 11 is 0. The first-order chi connectivity index (χ1) is 22.3. The van der Waals surface area contributed by atoms with Crippen LogP contribution in [0.2, 0.25) is 0 Å². The summed E-state index contributed by atoms with van der Waals surface area (Å²) in [5, 5.41) is 24.6. The number of anilines is 2. The van der Waals surface area contributed by atoms with Crippen LogP contribution < -0.4 is 10.6 Å². The van der Waals surface area contributed by atoms with E-state index in [1.807, 2.05) is 62.4 Å². The van der Waals surface area contributed by atoms with E-state index in [-0.39, 0.29) is 25.0 Å². The maximum absolute atomic E-state index is 13.3. The molecule has 0 fully saturated rings. The Kier molecular flexibility index (Phi) is 9.51. The summed E-state index contributed by atoms with van der Waals surface area (Å²) in [6, 6.07) is 19.1. The van der Waals surface area contributed by atoms with Gasteiger partial charge in [-0.2, -0.15) is 0 Å². The van der Waals surface area contributed by atoms with Crippen molar-refractivity contribution in [2.45, 2.75) is 39.8 Å². The number of nitrogens with one attached hydrogen (secondary N) is 2. The Morgan fingerprint density at radius 2 is 1.11 bits per heavy atom. The molecule has 0 radical (unpaired) electrons. The number of hydrogen-bond donors (Lipinski definition) is 4. The van der Waals surface area contributed by atoms with Crippen molar-refractivity contribution in [3.63, 3.8) is 0 Å². The van der Waals surface area contributed by atoms with E-state index in [1.54, 1.807) is 12.1 Å². The summed E-state index contributed by atoms with van der Waals surface area (Å²) in [5.41, 5.74) is 9.89. The zero-order chi connectivity index (χ0) is 32.2. The summed E-state index contributed by atoms with van der Waals surface area (Å²) in [6.45, 7) is 8.52. The molecule has 238 valence electrons. The number of aromatic nitrogens is 2. The highest BCUT2D eigenvalue weighted by atomic mass is 16.3. The molecular weight excluding hydrogens is 580 g/mol. The fourth-order valence-electron chi connectivity index (χ4n) is 6.37. The Bertz CT molecular complexity index is 1640. The average molecular weight is 621 g/mol. The standard InChI is InChI=1S/C36H40N6O4/c1-23-27(5-3-7-29(23)39-35(45)33-11-9-25-21-41(17-19-43)15-13-31(25)37-33)28-6-4-8-30(24(28)2)40-36(46)34-12-10-26-22-42(18-20-44)16-14-32(26)38-34/h3-12,43-44H,13-22H2,1-2H3,(H,39,45)(H,40,46). The van der Waals surface area contributed by atoms with E-state index in [0.29, 0.717) is 35.9 Å². The predicted molar refractivity (Wildman–Crippen MR) is 178 cm³/mol. The zero-order valence-corrected chi connectivity index (χ0v) is 26.3. The van der Waals surface area contributed by atoms with Crippen molar-refractivity contribution in [3.8, 4) is 11.1 Å². The van der Waals surface area contributed by atoms with Crippen LogP contribution in [0.3, 0.4) is 0 Å². The summed E-state index contributed by atoms with van der Waals surface area (Å²) in [6.07, 6.45) is 1.48. The van der Waals surface area contributed by atoms with Gasteiger partial charge in [-0.1, -0.05) is 36.4 Å². The molecule has 0 aliphatic carbocycles. The highest BCUT2D eigenvalue weighted by molar-refractivity contribution is 6.05. The molecule has 6 rings (SSSR count). The highest BCUT2D eigenvalue weighted by Gasteiger charge is 2.22. The fraction of sp³-hybridized carbons (Fsp3) is 0.333. The molecule has 4 aromatic rings. The monoisotopic (exact) mass is 620 g/mol. The smallest absolute Gasteiger partial charge is 0.274 e. The van der Waals surface area contributed by atoms with E-state index < -0.39 is 0 Å². The van der Waals surface area contributed by atoms with Crippen LogP contribution in [0.15, 0.2) is 60.7 Å². The minimum atomic E-state index is -0.266. The van der Waals surface area contributed by atoms with E-state index in [9.17, 15) is 19.8 Å². The minimum Gasteiger partial charge on any atom is -0.395 e. The van der Waals surface area contributed by atoms with Gasteiger partial charge in [-0.3, -0.25) is 19.4 Å². The van der Waals surface area contributed by atoms with Crippen LogP contribution in [0.25, 0.3) is 11.1 Å². The molecule has 2 aromatic heterocycles. The second-order valence-corrected chi connectivity index (χ2v) is 12.0. The number of fused-ring (bicyclic) bond motifs is 2. The molecule has 46 heavy (non-hydrogen) atoms. The average Bonchev–Trinajstić information content (AvgIpc) is 3.06. The first-order valence-corrected chi connectivity index (χ1v) is 15.8. The predicted octanol–water partition coefficient (Wildman–Crippen LogP) is 3.97. The molecule has 0 bridgehead atoms. The SMILES string of the molecule is Cc1c(NC(=O)c2ccc3c(n2)CCN(CCO)C3)cccc1-c1cccc(NC(=O)c2ccc3c(n2)CCN(CCO)C3)c1C. The molecule has 2 aromatic carbocycles. The molecule has 0 saturated carbocycles. The molecule has 0 unspecified atom stereocenters. The van der Waals surface area contributed by atoms with Crippen LogP contribution in [0.1, 0.15) is 54.6 Å². The van der Waals surface area contributed by atoms with Crippen molar-refractivity contribution >= 4 is 23.2 Å². The molecule has 10 nitrogen and oxygen atoms in total. The van der Waals surface area contributed by atoms with E-state index in [1.165, 1.54) is 0 Å². The number of benzene rings is 2. The van der Waals surface area contributed by atoms with Gasteiger partial charge in [-0.05, 0) is 71.5 Å². The van der Waals surface area contributed by atoms with Crippen LogP contribution >= 0.6 is 0 Å². The quantitative estimate of drug-likeness (QED) is 0.221. The van der Waals surface area contributed by atoms with E-state index in [0.717, 1.165) is 83.8 Å². The third kappa shape index (κ3) is 6.70. The third-order valence-electron chi connectivity index (χ3n) is 9.01. The lowest BCUT2D eigenvalue weighted by Crippen LogP contribution is -2.33. The number of pyridine rings is 2. The number of hydrogen-bond acceptors (Lipinski definition) is 8. The van der Waals surface area contributed by atoms with Crippen LogP contribution in [0, 0.1) is 13.8 Å². The number of nitrogens with zero attached hydrogens (tertiary/aromatic N) is 4. The van der Waals surface area contributed by atoms with Gasteiger partial charge in [0.2, 0.25) is 0 Å². The highest BCUT2D eigenvalue weighted by Crippen LogP contribution is 2.34. The first kappa shape index (κ1) is 31.5. The summed E-state index contributed by atoms with van der Waals surface area (Å²) < 4.78 is 0. The van der Waals surface area contributed by atoms with Gasteiger partial charge in [-0.15, -0.1) is 0 Å². The third-order valence-corrected chi connectivity index (χ3v) is 9.01. The molecule has 2 amide bonds. The van der Waals surface area contributed by atoms with Gasteiger partial charge in [0.25, 0.3) is 11.8 Å². The summed E-state index contributed by atoms with van der Waals surface area (Å²) in [7, 11) is 0. The Hall–Kier alpha value is -4.48. The Labute approximate surface area is 269 Å². The van der Waals surface area contributed by atoms with Gasteiger partial charge < -0.3 is 20.8 Å². The van der Waals surface area contributed by atoms with Crippen LogP contribution in [-0.4, -0.2) is 81.2 Å². The molecule has 0 spiro atoms. The van der Waals surface area contributed by atoms with Crippen molar-refractivity contribution in [1.82, 2.24) is 19.8 Å². The molecular formula is C36H40N6O4. The molecule has 10 heteroatoms. The zero-order valence-electron chi connectivity index (χ0n) is 26.3. The number of rotatable bonds is 9. The van der Waals surface area contributed by atoms with Crippen molar-refractivity contribution in [2.24, 2.45) is 0 Å². The maximum atomic E-state index is 13.3. The van der Waals surface area contributed by atoms with E-state index in [2.05, 4.69) is 30.4 Å². The van der Waals surface area contributed by atoms with Crippen molar-refractivity contribution < 1.29 is 19.8 Å². The first-order valence-electron chi connectivity index (χ1n) is 15.8.